The number of rotatable bonds is 8. The fourth-order valence-electron chi connectivity index (χ4n) is 2.39. The molecule has 0 saturated carbocycles. The van der Waals surface area contributed by atoms with Crippen molar-refractivity contribution in [3.05, 3.63) is 65.7 Å². The Labute approximate surface area is 163 Å². The van der Waals surface area contributed by atoms with Gasteiger partial charge >= 0.3 is 5.97 Å². The van der Waals surface area contributed by atoms with E-state index in [1.807, 2.05) is 0 Å². The fraction of sp³-hybridized carbons (Fsp3) is 0.286. The molecule has 2 aromatic rings. The van der Waals surface area contributed by atoms with Gasteiger partial charge in [0.2, 0.25) is 5.91 Å². The molecule has 2 amide bonds. The Morgan fingerprint density at radius 2 is 1.64 bits per heavy atom. The number of hydrogen-bond acceptors (Lipinski definition) is 4. The van der Waals surface area contributed by atoms with Crippen LogP contribution in [0.3, 0.4) is 0 Å². The molecule has 0 bridgehead atoms. The summed E-state index contributed by atoms with van der Waals surface area (Å²) in [7, 11) is 1.53. The van der Waals surface area contributed by atoms with Crippen molar-refractivity contribution in [3.8, 4) is 5.75 Å². The first-order valence-corrected chi connectivity index (χ1v) is 8.75. The quantitative estimate of drug-likeness (QED) is 0.648. The Hall–Kier alpha value is -3.35. The van der Waals surface area contributed by atoms with Crippen LogP contribution in [0.1, 0.15) is 35.8 Å². The van der Waals surface area contributed by atoms with Crippen molar-refractivity contribution >= 4 is 17.8 Å². The number of aliphatic carboxylic acids is 1. The molecule has 0 spiro atoms. The van der Waals surface area contributed by atoms with E-state index in [4.69, 9.17) is 4.74 Å². The van der Waals surface area contributed by atoms with Gasteiger partial charge in [0.25, 0.3) is 5.91 Å². The third kappa shape index (κ3) is 5.33. The molecule has 7 nitrogen and oxygen atoms in total. The van der Waals surface area contributed by atoms with Crippen molar-refractivity contribution in [2.24, 2.45) is 5.41 Å². The summed E-state index contributed by atoms with van der Waals surface area (Å²) in [6.07, 6.45) is 0. The number of methoxy groups -OCH3 is 1. The summed E-state index contributed by atoms with van der Waals surface area (Å²) >= 11 is 0. The van der Waals surface area contributed by atoms with Crippen LogP contribution < -0.4 is 15.4 Å². The number of carboxylic acid groups (broad SMARTS) is 1. The fourth-order valence-corrected chi connectivity index (χ4v) is 2.39. The molecular weight excluding hydrogens is 360 g/mol. The highest BCUT2D eigenvalue weighted by Crippen LogP contribution is 2.18. The summed E-state index contributed by atoms with van der Waals surface area (Å²) in [5.74, 6) is -1.32. The van der Waals surface area contributed by atoms with Crippen molar-refractivity contribution in [3.63, 3.8) is 0 Å². The molecular formula is C21H24N2O5. The summed E-state index contributed by atoms with van der Waals surface area (Å²) in [5.41, 5.74) is -0.160. The molecule has 0 heterocycles. The molecule has 0 saturated heterocycles. The van der Waals surface area contributed by atoms with Gasteiger partial charge in [-0.1, -0.05) is 30.3 Å². The Kier molecular flexibility index (Phi) is 6.76. The Balaban J connectivity index is 2.18. The van der Waals surface area contributed by atoms with E-state index >= 15 is 0 Å². The maximum Gasteiger partial charge on any atom is 0.310 e. The SMILES string of the molecule is COc1ccc(C(=O)NC(C(=O)NCC(C)(C)C(=O)O)c2ccccc2)cc1. The van der Waals surface area contributed by atoms with Gasteiger partial charge in [0.15, 0.2) is 0 Å². The van der Waals surface area contributed by atoms with Gasteiger partial charge in [-0.25, -0.2) is 0 Å². The summed E-state index contributed by atoms with van der Waals surface area (Å²) in [5, 5.41) is 14.6. The van der Waals surface area contributed by atoms with Gasteiger partial charge in [-0.3, -0.25) is 14.4 Å². The van der Waals surface area contributed by atoms with E-state index in [1.54, 1.807) is 54.6 Å². The molecule has 0 aliphatic carbocycles. The number of carboxylic acids is 1. The molecule has 28 heavy (non-hydrogen) atoms. The zero-order valence-electron chi connectivity index (χ0n) is 16.1. The average Bonchev–Trinajstić information content (AvgIpc) is 2.70. The van der Waals surface area contributed by atoms with E-state index in [9.17, 15) is 19.5 Å². The monoisotopic (exact) mass is 384 g/mol. The number of carbonyl (C=O) groups is 3. The molecule has 148 valence electrons. The Morgan fingerprint density at radius 3 is 2.18 bits per heavy atom. The lowest BCUT2D eigenvalue weighted by molar-refractivity contribution is -0.146. The lowest BCUT2D eigenvalue weighted by Crippen LogP contribution is -2.45. The maximum absolute atomic E-state index is 12.7. The predicted octanol–water partition coefficient (Wildman–Crippen LogP) is 2.39. The molecule has 0 fully saturated rings. The largest absolute Gasteiger partial charge is 0.497 e. The minimum absolute atomic E-state index is 0.0666. The number of benzene rings is 2. The third-order valence-corrected chi connectivity index (χ3v) is 4.31. The number of hydrogen-bond donors (Lipinski definition) is 3. The minimum Gasteiger partial charge on any atom is -0.497 e. The van der Waals surface area contributed by atoms with Gasteiger partial charge in [-0.15, -0.1) is 0 Å². The van der Waals surface area contributed by atoms with Crippen LogP contribution in [-0.2, 0) is 9.59 Å². The first-order valence-electron chi connectivity index (χ1n) is 8.75. The van der Waals surface area contributed by atoms with Crippen LogP contribution in [0, 0.1) is 5.41 Å². The van der Waals surface area contributed by atoms with E-state index in [0.29, 0.717) is 16.9 Å². The van der Waals surface area contributed by atoms with E-state index < -0.39 is 29.2 Å². The molecule has 1 atom stereocenters. The molecule has 2 aromatic carbocycles. The topological polar surface area (TPSA) is 105 Å². The standard InChI is InChI=1S/C21H24N2O5/c1-21(2,20(26)27)13-22-19(25)17(14-7-5-4-6-8-14)23-18(24)15-9-11-16(28-3)12-10-15/h4-12,17H,13H2,1-3H3,(H,22,25)(H,23,24)(H,26,27). The second-order valence-electron chi connectivity index (χ2n) is 6.95. The van der Waals surface area contributed by atoms with Crippen LogP contribution in [0.15, 0.2) is 54.6 Å². The van der Waals surface area contributed by atoms with Crippen molar-refractivity contribution < 1.29 is 24.2 Å². The summed E-state index contributed by atoms with van der Waals surface area (Å²) in [4.78, 5) is 36.6. The number of nitrogens with one attached hydrogen (secondary N) is 2. The highest BCUT2D eigenvalue weighted by Gasteiger charge is 2.30. The van der Waals surface area contributed by atoms with Crippen LogP contribution in [0.5, 0.6) is 5.75 Å². The Bertz CT molecular complexity index is 832. The number of amides is 2. The van der Waals surface area contributed by atoms with E-state index in [-0.39, 0.29) is 6.54 Å². The van der Waals surface area contributed by atoms with Gasteiger partial charge in [0.05, 0.1) is 12.5 Å². The molecule has 0 radical (unpaired) electrons. The number of ether oxygens (including phenoxy) is 1. The highest BCUT2D eigenvalue weighted by atomic mass is 16.5. The first kappa shape index (κ1) is 21.0. The van der Waals surface area contributed by atoms with Crippen LogP contribution in [-0.4, -0.2) is 36.5 Å². The van der Waals surface area contributed by atoms with Gasteiger partial charge in [0, 0.05) is 12.1 Å². The van der Waals surface area contributed by atoms with Crippen molar-refractivity contribution in [1.82, 2.24) is 10.6 Å². The molecule has 0 aliphatic heterocycles. The molecule has 0 aromatic heterocycles. The van der Waals surface area contributed by atoms with Gasteiger partial charge < -0.3 is 20.5 Å². The van der Waals surface area contributed by atoms with E-state index in [2.05, 4.69) is 10.6 Å². The Morgan fingerprint density at radius 1 is 1.04 bits per heavy atom. The summed E-state index contributed by atoms with van der Waals surface area (Å²) in [6, 6.07) is 14.3. The van der Waals surface area contributed by atoms with Crippen LogP contribution >= 0.6 is 0 Å². The minimum atomic E-state index is -1.13. The average molecular weight is 384 g/mol. The molecule has 0 aliphatic rings. The molecule has 3 N–H and O–H groups in total. The van der Waals surface area contributed by atoms with Crippen molar-refractivity contribution in [2.75, 3.05) is 13.7 Å². The first-order chi connectivity index (χ1) is 13.2. The van der Waals surface area contributed by atoms with E-state index in [1.165, 1.54) is 21.0 Å². The smallest absolute Gasteiger partial charge is 0.310 e. The zero-order valence-corrected chi connectivity index (χ0v) is 16.1. The molecule has 7 heteroatoms. The van der Waals surface area contributed by atoms with E-state index in [0.717, 1.165) is 0 Å². The summed E-state index contributed by atoms with van der Waals surface area (Å²) in [6.45, 7) is 2.97. The van der Waals surface area contributed by atoms with Crippen LogP contribution in [0.2, 0.25) is 0 Å². The molecule has 1 unspecified atom stereocenters. The lowest BCUT2D eigenvalue weighted by atomic mass is 9.93. The highest BCUT2D eigenvalue weighted by molar-refractivity contribution is 5.98. The number of carbonyl (C=O) groups excluding carboxylic acids is 2. The zero-order chi connectivity index (χ0) is 20.7. The van der Waals surface area contributed by atoms with Crippen molar-refractivity contribution in [2.45, 2.75) is 19.9 Å². The van der Waals surface area contributed by atoms with Crippen LogP contribution in [0.4, 0.5) is 0 Å². The van der Waals surface area contributed by atoms with Gasteiger partial charge in [-0.2, -0.15) is 0 Å². The van der Waals surface area contributed by atoms with Gasteiger partial charge in [0.1, 0.15) is 11.8 Å². The van der Waals surface area contributed by atoms with Gasteiger partial charge in [-0.05, 0) is 43.7 Å². The second kappa shape index (κ2) is 9.03. The van der Waals surface area contributed by atoms with Crippen molar-refractivity contribution in [1.29, 1.82) is 0 Å². The predicted molar refractivity (Wildman–Crippen MR) is 104 cm³/mol. The second-order valence-corrected chi connectivity index (χ2v) is 6.95. The third-order valence-electron chi connectivity index (χ3n) is 4.31. The lowest BCUT2D eigenvalue weighted by Gasteiger charge is -2.23. The summed E-state index contributed by atoms with van der Waals surface area (Å²) < 4.78 is 5.08. The molecule has 2 rings (SSSR count). The maximum atomic E-state index is 12.7. The normalized spacial score (nSPS) is 12.0. The van der Waals surface area contributed by atoms with Crippen LogP contribution in [0.25, 0.3) is 0 Å².